The van der Waals surface area contributed by atoms with E-state index in [0.29, 0.717) is 12.2 Å². The van der Waals surface area contributed by atoms with Crippen LogP contribution in [-0.2, 0) is 4.74 Å². The largest absolute Gasteiger partial charge is 0.379 e. The average Bonchev–Trinajstić information content (AvgIpc) is 3.13. The van der Waals surface area contributed by atoms with E-state index in [1.165, 1.54) is 11.8 Å². The summed E-state index contributed by atoms with van der Waals surface area (Å²) in [6.07, 6.45) is 5.67. The van der Waals surface area contributed by atoms with E-state index in [0.717, 1.165) is 56.5 Å². The maximum absolute atomic E-state index is 12.6. The molecule has 2 aromatic rings. The number of nitrogens with one attached hydrogen (secondary N) is 1. The van der Waals surface area contributed by atoms with Crippen molar-refractivity contribution >= 4 is 17.7 Å². The van der Waals surface area contributed by atoms with Crippen LogP contribution in [0, 0.1) is 0 Å². The maximum Gasteiger partial charge on any atom is 0.269 e. The van der Waals surface area contributed by atoms with Gasteiger partial charge < -0.3 is 10.1 Å². The molecule has 1 aliphatic rings. The monoisotopic (exact) mass is 374 g/mol. The lowest BCUT2D eigenvalue weighted by Gasteiger charge is -2.26. The van der Waals surface area contributed by atoms with Crippen molar-refractivity contribution in [3.8, 4) is 5.69 Å². The van der Waals surface area contributed by atoms with E-state index in [1.54, 1.807) is 6.20 Å². The Balaban J connectivity index is 1.52. The minimum Gasteiger partial charge on any atom is -0.379 e. The highest BCUT2D eigenvalue weighted by Gasteiger charge is 2.17. The number of carbonyl (C=O) groups excluding carboxylic acids is 1. The van der Waals surface area contributed by atoms with Gasteiger partial charge in [0, 0.05) is 25.3 Å². The number of hydrogen-bond donors (Lipinski definition) is 1. The van der Waals surface area contributed by atoms with Crippen LogP contribution < -0.4 is 5.32 Å². The summed E-state index contributed by atoms with van der Waals surface area (Å²) < 4.78 is 7.27. The fourth-order valence-electron chi connectivity index (χ4n) is 3.04. The average molecular weight is 375 g/mol. The number of aromatic nitrogens is 2. The number of ether oxygens (including phenoxy) is 1. The standard InChI is InChI=1S/C19H26N4O2S/c1-26-19-21-15-17(23(19)16-7-3-2-4-8-16)18(24)20-9-5-6-10-22-11-13-25-14-12-22/h2-4,7-8,15H,5-6,9-14H2,1H3,(H,20,24). The smallest absolute Gasteiger partial charge is 0.269 e. The molecule has 1 aliphatic heterocycles. The number of carbonyl (C=O) groups is 1. The van der Waals surface area contributed by atoms with Gasteiger partial charge in [-0.15, -0.1) is 0 Å². The van der Waals surface area contributed by atoms with Crippen LogP contribution in [0.15, 0.2) is 41.7 Å². The quantitative estimate of drug-likeness (QED) is 0.568. The molecule has 3 rings (SSSR count). The molecule has 0 bridgehead atoms. The molecule has 0 unspecified atom stereocenters. The molecule has 2 heterocycles. The molecule has 140 valence electrons. The zero-order chi connectivity index (χ0) is 18.2. The van der Waals surface area contributed by atoms with Gasteiger partial charge in [-0.1, -0.05) is 30.0 Å². The summed E-state index contributed by atoms with van der Waals surface area (Å²) in [7, 11) is 0. The molecule has 0 aliphatic carbocycles. The molecular formula is C19H26N4O2S. The summed E-state index contributed by atoms with van der Waals surface area (Å²) in [6, 6.07) is 9.87. The number of morpholine rings is 1. The molecule has 1 saturated heterocycles. The summed E-state index contributed by atoms with van der Waals surface area (Å²) in [4.78, 5) is 19.4. The first-order valence-corrected chi connectivity index (χ1v) is 10.3. The molecule has 1 aromatic carbocycles. The minimum atomic E-state index is -0.0759. The lowest BCUT2D eigenvalue weighted by atomic mass is 10.2. The third-order valence-electron chi connectivity index (χ3n) is 4.45. The van der Waals surface area contributed by atoms with Crippen molar-refractivity contribution in [3.63, 3.8) is 0 Å². The first kappa shape index (κ1) is 18.9. The Morgan fingerprint density at radius 3 is 2.73 bits per heavy atom. The van der Waals surface area contributed by atoms with E-state index in [2.05, 4.69) is 15.2 Å². The van der Waals surface area contributed by atoms with Gasteiger partial charge in [0.2, 0.25) is 0 Å². The Bertz CT molecular complexity index is 699. The van der Waals surface area contributed by atoms with E-state index in [1.807, 2.05) is 41.2 Å². The van der Waals surface area contributed by atoms with Crippen LogP contribution in [0.1, 0.15) is 23.3 Å². The van der Waals surface area contributed by atoms with E-state index < -0.39 is 0 Å². The van der Waals surface area contributed by atoms with Crippen LogP contribution in [0.5, 0.6) is 0 Å². The van der Waals surface area contributed by atoms with E-state index in [9.17, 15) is 4.79 Å². The summed E-state index contributed by atoms with van der Waals surface area (Å²) in [5.41, 5.74) is 1.53. The second-order valence-electron chi connectivity index (χ2n) is 6.22. The van der Waals surface area contributed by atoms with Crippen LogP contribution in [-0.4, -0.2) is 66.0 Å². The van der Waals surface area contributed by atoms with E-state index >= 15 is 0 Å². The van der Waals surface area contributed by atoms with Gasteiger partial charge in [0.05, 0.1) is 19.4 Å². The highest BCUT2D eigenvalue weighted by Crippen LogP contribution is 2.21. The molecule has 26 heavy (non-hydrogen) atoms. The molecule has 0 spiro atoms. The molecule has 1 amide bonds. The fourth-order valence-corrected chi connectivity index (χ4v) is 3.59. The zero-order valence-electron chi connectivity index (χ0n) is 15.2. The van der Waals surface area contributed by atoms with Crippen LogP contribution in [0.25, 0.3) is 5.69 Å². The third kappa shape index (κ3) is 4.87. The summed E-state index contributed by atoms with van der Waals surface area (Å²) in [6.45, 7) is 5.44. The molecule has 0 radical (unpaired) electrons. The number of rotatable bonds is 8. The second kappa shape index (κ2) is 9.75. The zero-order valence-corrected chi connectivity index (χ0v) is 16.0. The van der Waals surface area contributed by atoms with Crippen LogP contribution >= 0.6 is 11.8 Å². The highest BCUT2D eigenvalue weighted by atomic mass is 32.2. The van der Waals surface area contributed by atoms with Gasteiger partial charge in [-0.2, -0.15) is 0 Å². The SMILES string of the molecule is CSc1ncc(C(=O)NCCCCN2CCOCC2)n1-c1ccccc1. The van der Waals surface area contributed by atoms with Gasteiger partial charge in [0.25, 0.3) is 5.91 Å². The topological polar surface area (TPSA) is 59.4 Å². The van der Waals surface area contributed by atoms with Gasteiger partial charge in [-0.25, -0.2) is 4.98 Å². The van der Waals surface area contributed by atoms with Crippen LogP contribution in [0.2, 0.25) is 0 Å². The van der Waals surface area contributed by atoms with E-state index in [4.69, 9.17) is 4.74 Å². The van der Waals surface area contributed by atoms with E-state index in [-0.39, 0.29) is 5.91 Å². The number of unbranched alkanes of at least 4 members (excludes halogenated alkanes) is 1. The van der Waals surface area contributed by atoms with Gasteiger partial charge in [0.1, 0.15) is 5.69 Å². The number of para-hydroxylation sites is 1. The van der Waals surface area contributed by atoms with Crippen molar-refractivity contribution in [2.45, 2.75) is 18.0 Å². The summed E-state index contributed by atoms with van der Waals surface area (Å²) >= 11 is 1.53. The molecular weight excluding hydrogens is 348 g/mol. The normalized spacial score (nSPS) is 15.1. The lowest BCUT2D eigenvalue weighted by molar-refractivity contribution is 0.0372. The Morgan fingerprint density at radius 2 is 2.00 bits per heavy atom. The molecule has 0 saturated carbocycles. The van der Waals surface area contributed by atoms with Gasteiger partial charge in [-0.3, -0.25) is 14.3 Å². The number of hydrogen-bond acceptors (Lipinski definition) is 5. The highest BCUT2D eigenvalue weighted by molar-refractivity contribution is 7.98. The van der Waals surface area contributed by atoms with Crippen LogP contribution in [0.4, 0.5) is 0 Å². The van der Waals surface area contributed by atoms with Crippen molar-refractivity contribution in [2.75, 3.05) is 45.6 Å². The van der Waals surface area contributed by atoms with Crippen molar-refractivity contribution in [1.82, 2.24) is 19.8 Å². The Kier molecular flexibility index (Phi) is 7.11. The van der Waals surface area contributed by atoms with Crippen molar-refractivity contribution in [1.29, 1.82) is 0 Å². The number of imidazole rings is 1. The Hall–Kier alpha value is -1.83. The predicted octanol–water partition coefficient (Wildman–Crippen LogP) is 2.44. The van der Waals surface area contributed by atoms with Crippen molar-refractivity contribution < 1.29 is 9.53 Å². The third-order valence-corrected chi connectivity index (χ3v) is 5.10. The van der Waals surface area contributed by atoms with Gasteiger partial charge in [0.15, 0.2) is 5.16 Å². The number of benzene rings is 1. The number of nitrogens with zero attached hydrogens (tertiary/aromatic N) is 3. The molecule has 1 fully saturated rings. The second-order valence-corrected chi connectivity index (χ2v) is 6.99. The van der Waals surface area contributed by atoms with Gasteiger partial charge >= 0.3 is 0 Å². The van der Waals surface area contributed by atoms with Crippen LogP contribution in [0.3, 0.4) is 0 Å². The molecule has 1 aromatic heterocycles. The van der Waals surface area contributed by atoms with Crippen molar-refractivity contribution in [3.05, 3.63) is 42.2 Å². The lowest BCUT2D eigenvalue weighted by Crippen LogP contribution is -2.37. The molecule has 7 heteroatoms. The summed E-state index contributed by atoms with van der Waals surface area (Å²) in [5.74, 6) is -0.0759. The summed E-state index contributed by atoms with van der Waals surface area (Å²) in [5, 5.41) is 3.85. The molecule has 6 nitrogen and oxygen atoms in total. The fraction of sp³-hybridized carbons (Fsp3) is 0.474. The molecule has 1 N–H and O–H groups in total. The Labute approximate surface area is 158 Å². The first-order valence-electron chi connectivity index (χ1n) is 9.05. The molecule has 0 atom stereocenters. The number of thioether (sulfide) groups is 1. The van der Waals surface area contributed by atoms with Crippen molar-refractivity contribution in [2.24, 2.45) is 0 Å². The first-order chi connectivity index (χ1) is 12.8. The Morgan fingerprint density at radius 1 is 1.23 bits per heavy atom. The van der Waals surface area contributed by atoms with Gasteiger partial charge in [-0.05, 0) is 37.8 Å². The minimum absolute atomic E-state index is 0.0759. The number of amides is 1. The predicted molar refractivity (Wildman–Crippen MR) is 104 cm³/mol. The maximum atomic E-state index is 12.6.